The molecule has 0 aliphatic carbocycles. The molecule has 0 aromatic heterocycles. The maximum Gasteiger partial charge on any atom is 0.319 e. The van der Waals surface area contributed by atoms with E-state index in [1.54, 1.807) is 34.6 Å². The average Bonchev–Trinajstić information content (AvgIpc) is 3.22. The van der Waals surface area contributed by atoms with Crippen LogP contribution in [0.25, 0.3) is 0 Å². The summed E-state index contributed by atoms with van der Waals surface area (Å²) < 4.78 is 38.5. The molecule has 31 heavy (non-hydrogen) atoms. The number of nitrogens with zero attached hydrogens (tertiary/aromatic N) is 1. The summed E-state index contributed by atoms with van der Waals surface area (Å²) in [6.07, 6.45) is 3.17. The molecule has 166 valence electrons. The van der Waals surface area contributed by atoms with Crippen LogP contribution in [0.5, 0.6) is 11.5 Å². The number of piperidine rings is 1. The first kappa shape index (κ1) is 21.5. The van der Waals surface area contributed by atoms with Crippen LogP contribution < -0.4 is 20.1 Å². The number of nitrogens with one attached hydrogen (secondary N) is 2. The number of urea groups is 1. The molecule has 2 N–H and O–H groups in total. The van der Waals surface area contributed by atoms with Crippen molar-refractivity contribution in [2.24, 2.45) is 0 Å². The number of hydrogen-bond donors (Lipinski definition) is 2. The van der Waals surface area contributed by atoms with E-state index in [4.69, 9.17) is 9.47 Å². The van der Waals surface area contributed by atoms with Gasteiger partial charge in [0.25, 0.3) is 0 Å². The fourth-order valence-corrected chi connectivity index (χ4v) is 5.65. The molecule has 0 spiro atoms. The van der Waals surface area contributed by atoms with Crippen LogP contribution >= 0.6 is 0 Å². The lowest BCUT2D eigenvalue weighted by molar-refractivity contribution is 0.174. The Morgan fingerprint density at radius 3 is 2.68 bits per heavy atom. The lowest BCUT2D eigenvalue weighted by atomic mass is 10.0. The van der Waals surface area contributed by atoms with Crippen LogP contribution in [0, 0.1) is 6.92 Å². The first-order chi connectivity index (χ1) is 14.9. The molecule has 1 fully saturated rings. The minimum absolute atomic E-state index is 0.133. The molecule has 2 aromatic carbocycles. The Bertz CT molecular complexity index is 1040. The number of benzene rings is 2. The lowest BCUT2D eigenvalue weighted by Gasteiger charge is -2.34. The largest absolute Gasteiger partial charge is 0.454 e. The Kier molecular flexibility index (Phi) is 6.33. The van der Waals surface area contributed by atoms with Crippen molar-refractivity contribution in [2.75, 3.05) is 25.2 Å². The molecule has 1 saturated heterocycles. The van der Waals surface area contributed by atoms with Crippen molar-refractivity contribution >= 4 is 21.7 Å². The number of ether oxygens (including phenoxy) is 2. The van der Waals surface area contributed by atoms with E-state index in [-0.39, 0.29) is 18.9 Å². The van der Waals surface area contributed by atoms with Gasteiger partial charge in [0.1, 0.15) is 0 Å². The predicted molar refractivity (Wildman–Crippen MR) is 117 cm³/mol. The Balaban J connectivity index is 1.33. The van der Waals surface area contributed by atoms with Gasteiger partial charge in [0.05, 0.1) is 4.90 Å². The molecule has 8 nitrogen and oxygen atoms in total. The van der Waals surface area contributed by atoms with Crippen LogP contribution in [-0.4, -0.2) is 44.7 Å². The number of rotatable bonds is 6. The second kappa shape index (κ2) is 9.15. The van der Waals surface area contributed by atoms with E-state index >= 15 is 0 Å². The highest BCUT2D eigenvalue weighted by Crippen LogP contribution is 2.34. The third kappa shape index (κ3) is 4.94. The minimum atomic E-state index is -3.55. The van der Waals surface area contributed by atoms with Crippen LogP contribution in [0.3, 0.4) is 0 Å². The van der Waals surface area contributed by atoms with Crippen LogP contribution in [0.15, 0.2) is 47.4 Å². The molecule has 2 aliphatic heterocycles. The highest BCUT2D eigenvalue weighted by Gasteiger charge is 2.33. The van der Waals surface area contributed by atoms with Crippen molar-refractivity contribution < 1.29 is 22.7 Å². The summed E-state index contributed by atoms with van der Waals surface area (Å²) in [7, 11) is -3.55. The van der Waals surface area contributed by atoms with Gasteiger partial charge < -0.3 is 20.1 Å². The first-order valence-electron chi connectivity index (χ1n) is 10.5. The third-order valence-corrected chi connectivity index (χ3v) is 7.56. The number of carbonyl (C=O) groups is 1. The van der Waals surface area contributed by atoms with E-state index in [9.17, 15) is 13.2 Å². The molecule has 2 heterocycles. The molecule has 0 bridgehead atoms. The third-order valence-electron chi connectivity index (χ3n) is 5.59. The highest BCUT2D eigenvalue weighted by molar-refractivity contribution is 7.89. The normalized spacial score (nSPS) is 18.5. The summed E-state index contributed by atoms with van der Waals surface area (Å²) in [5.41, 5.74) is 1.62. The zero-order valence-electron chi connectivity index (χ0n) is 17.5. The Labute approximate surface area is 182 Å². The quantitative estimate of drug-likeness (QED) is 0.710. The van der Waals surface area contributed by atoms with E-state index in [1.165, 1.54) is 0 Å². The second-order valence-corrected chi connectivity index (χ2v) is 9.71. The molecule has 4 rings (SSSR count). The zero-order valence-corrected chi connectivity index (χ0v) is 18.3. The van der Waals surface area contributed by atoms with Crippen molar-refractivity contribution in [1.82, 2.24) is 9.62 Å². The van der Waals surface area contributed by atoms with Crippen LogP contribution in [0.2, 0.25) is 0 Å². The fourth-order valence-electron chi connectivity index (χ4n) is 3.93. The molecule has 2 aromatic rings. The van der Waals surface area contributed by atoms with E-state index in [2.05, 4.69) is 10.6 Å². The monoisotopic (exact) mass is 445 g/mol. The number of amides is 2. The Hall–Kier alpha value is -2.78. The summed E-state index contributed by atoms with van der Waals surface area (Å²) in [5, 5.41) is 5.59. The van der Waals surface area contributed by atoms with Gasteiger partial charge in [-0.3, -0.25) is 0 Å². The maximum atomic E-state index is 13.1. The van der Waals surface area contributed by atoms with Gasteiger partial charge in [0.15, 0.2) is 11.5 Å². The average molecular weight is 446 g/mol. The maximum absolute atomic E-state index is 13.1. The summed E-state index contributed by atoms with van der Waals surface area (Å²) in [4.78, 5) is 12.6. The predicted octanol–water partition coefficient (Wildman–Crippen LogP) is 3.48. The molecule has 1 atom stereocenters. The molecule has 2 aliphatic rings. The molecular formula is C22H27N3O5S. The van der Waals surface area contributed by atoms with E-state index < -0.39 is 10.0 Å². The van der Waals surface area contributed by atoms with Gasteiger partial charge in [-0.05, 0) is 50.5 Å². The standard InChI is InChI=1S/C22H27N3O5S/c1-16-5-8-19(9-6-16)31(27,28)25-13-3-2-4-18(25)11-12-23-22(26)24-17-7-10-20-21(14-17)30-15-29-20/h5-10,14,18H,2-4,11-13,15H2,1H3,(H2,23,24,26)/t18-/m1/s1. The van der Waals surface area contributed by atoms with Crippen molar-refractivity contribution in [2.45, 2.75) is 43.5 Å². The summed E-state index contributed by atoms with van der Waals surface area (Å²) in [5.74, 6) is 1.25. The zero-order chi connectivity index (χ0) is 21.8. The number of fused-ring (bicyclic) bond motifs is 1. The molecule has 9 heteroatoms. The van der Waals surface area contributed by atoms with Crippen molar-refractivity contribution in [3.05, 3.63) is 48.0 Å². The molecule has 0 radical (unpaired) electrons. The van der Waals surface area contributed by atoms with Crippen LogP contribution in [-0.2, 0) is 10.0 Å². The molecule has 0 unspecified atom stereocenters. The van der Waals surface area contributed by atoms with E-state index in [0.717, 1.165) is 24.8 Å². The van der Waals surface area contributed by atoms with Gasteiger partial charge in [-0.15, -0.1) is 0 Å². The summed E-state index contributed by atoms with van der Waals surface area (Å²) >= 11 is 0. The SMILES string of the molecule is Cc1ccc(S(=O)(=O)N2CCCC[C@@H]2CCNC(=O)Nc2ccc3c(c2)OCO3)cc1. The first-order valence-corrected chi connectivity index (χ1v) is 11.9. The van der Waals surface area contributed by atoms with E-state index in [1.807, 2.05) is 19.1 Å². The van der Waals surface area contributed by atoms with Crippen LogP contribution in [0.1, 0.15) is 31.2 Å². The smallest absolute Gasteiger partial charge is 0.319 e. The van der Waals surface area contributed by atoms with Crippen molar-refractivity contribution in [3.8, 4) is 11.5 Å². The van der Waals surface area contributed by atoms with Crippen molar-refractivity contribution in [1.29, 1.82) is 0 Å². The highest BCUT2D eigenvalue weighted by atomic mass is 32.2. The van der Waals surface area contributed by atoms with E-state index in [0.29, 0.717) is 41.6 Å². The summed E-state index contributed by atoms with van der Waals surface area (Å²) in [6.45, 7) is 2.99. The number of sulfonamides is 1. The molecule has 0 saturated carbocycles. The number of anilines is 1. The van der Waals surface area contributed by atoms with Gasteiger partial charge >= 0.3 is 6.03 Å². The number of aryl methyl sites for hydroxylation is 1. The number of hydrogen-bond acceptors (Lipinski definition) is 5. The second-order valence-electron chi connectivity index (χ2n) is 7.82. The van der Waals surface area contributed by atoms with Crippen molar-refractivity contribution in [3.63, 3.8) is 0 Å². The van der Waals surface area contributed by atoms with Gasteiger partial charge in [0.2, 0.25) is 16.8 Å². The minimum Gasteiger partial charge on any atom is -0.454 e. The van der Waals surface area contributed by atoms with Gasteiger partial charge in [-0.25, -0.2) is 13.2 Å². The van der Waals surface area contributed by atoms with Gasteiger partial charge in [-0.2, -0.15) is 4.31 Å². The fraction of sp³-hybridized carbons (Fsp3) is 0.409. The molecular weight excluding hydrogens is 418 g/mol. The van der Waals surface area contributed by atoms with Gasteiger partial charge in [0, 0.05) is 30.9 Å². The van der Waals surface area contributed by atoms with Crippen LogP contribution in [0.4, 0.5) is 10.5 Å². The number of carbonyl (C=O) groups excluding carboxylic acids is 1. The topological polar surface area (TPSA) is 97.0 Å². The van der Waals surface area contributed by atoms with Gasteiger partial charge in [-0.1, -0.05) is 24.1 Å². The Morgan fingerprint density at radius 2 is 1.87 bits per heavy atom. The molecule has 2 amide bonds. The summed E-state index contributed by atoms with van der Waals surface area (Å²) in [6, 6.07) is 11.7. The lowest BCUT2D eigenvalue weighted by Crippen LogP contribution is -2.45. The Morgan fingerprint density at radius 1 is 1.10 bits per heavy atom.